The van der Waals surface area contributed by atoms with Crippen molar-refractivity contribution in [2.75, 3.05) is 39.5 Å². The summed E-state index contributed by atoms with van der Waals surface area (Å²) in [5.74, 6) is 1.52. The van der Waals surface area contributed by atoms with Crippen molar-refractivity contribution in [1.82, 2.24) is 4.90 Å². The van der Waals surface area contributed by atoms with Crippen LogP contribution in [0.3, 0.4) is 0 Å². The zero-order chi connectivity index (χ0) is 27.4. The van der Waals surface area contributed by atoms with Crippen LogP contribution in [0.5, 0.6) is 5.75 Å². The molecule has 0 amide bonds. The van der Waals surface area contributed by atoms with E-state index >= 15 is 0 Å². The van der Waals surface area contributed by atoms with Crippen molar-refractivity contribution in [3.8, 4) is 5.75 Å². The molecule has 0 saturated carbocycles. The highest BCUT2D eigenvalue weighted by Gasteiger charge is 2.34. The average Bonchev–Trinajstić information content (AvgIpc) is 2.89. The van der Waals surface area contributed by atoms with E-state index in [9.17, 15) is 40.9 Å². The maximum Gasteiger partial charge on any atom is 0.119 e. The molecule has 37 heavy (non-hydrogen) atoms. The van der Waals surface area contributed by atoms with Crippen LogP contribution in [-0.4, -0.2) is 144 Å². The van der Waals surface area contributed by atoms with E-state index in [1.54, 1.807) is 12.1 Å². The molecule has 0 radical (unpaired) electrons. The summed E-state index contributed by atoms with van der Waals surface area (Å²) >= 11 is 8.55. The lowest BCUT2D eigenvalue weighted by molar-refractivity contribution is -0.130. The van der Waals surface area contributed by atoms with Crippen LogP contribution in [0.15, 0.2) is 18.2 Å². The van der Waals surface area contributed by atoms with Crippen molar-refractivity contribution < 1.29 is 55.8 Å². The molecule has 0 aliphatic rings. The van der Waals surface area contributed by atoms with Gasteiger partial charge in [0.1, 0.15) is 49.0 Å². The maximum absolute atomic E-state index is 10.4. The standard InChI is InChI=1S/C22H39NO11S2.ClH/c24-8-17(28)21(32)19(30)15(26)6-23(7-16(27)20(31)22(33)18(29)9-25)3-4-34-14-2-1-12(10-35)13(5-14)11-36;/h1-2,5,15-22,24-33,35-36H,3-4,6-11H2;1H/t15-,16-,17+,18?,19+,20+,21+,22+;/m0./s1. The third kappa shape index (κ3) is 11.7. The number of aliphatic hydroxyl groups excluding tert-OH is 10. The van der Waals surface area contributed by atoms with Gasteiger partial charge in [0, 0.05) is 31.1 Å². The highest BCUT2D eigenvalue weighted by atomic mass is 35.5. The Morgan fingerprint density at radius 2 is 1.11 bits per heavy atom. The van der Waals surface area contributed by atoms with Crippen LogP contribution in [0.25, 0.3) is 0 Å². The van der Waals surface area contributed by atoms with Crippen LogP contribution in [-0.2, 0) is 11.5 Å². The van der Waals surface area contributed by atoms with Crippen LogP contribution in [0.1, 0.15) is 11.1 Å². The zero-order valence-electron chi connectivity index (χ0n) is 20.1. The normalized spacial score (nSPS) is 18.3. The molecule has 1 rings (SSSR count). The molecule has 0 aliphatic heterocycles. The Kier molecular flexibility index (Phi) is 18.6. The van der Waals surface area contributed by atoms with Gasteiger partial charge in [-0.15, -0.1) is 12.4 Å². The number of nitrogens with zero attached hydrogens (tertiary/aromatic N) is 1. The molecule has 218 valence electrons. The molecule has 0 saturated heterocycles. The van der Waals surface area contributed by atoms with Gasteiger partial charge in [0.2, 0.25) is 0 Å². The number of benzene rings is 1. The van der Waals surface area contributed by atoms with E-state index in [0.717, 1.165) is 11.1 Å². The predicted octanol–water partition coefficient (Wildman–Crippen LogP) is -3.48. The molecule has 1 unspecified atom stereocenters. The Hall–Kier alpha value is -0.430. The second-order valence-electron chi connectivity index (χ2n) is 8.45. The van der Waals surface area contributed by atoms with Crippen molar-refractivity contribution in [3.05, 3.63) is 29.3 Å². The number of halogens is 1. The van der Waals surface area contributed by atoms with Crippen LogP contribution in [0, 0.1) is 0 Å². The lowest BCUT2D eigenvalue weighted by atomic mass is 10.0. The number of hydrogen-bond acceptors (Lipinski definition) is 14. The van der Waals surface area contributed by atoms with E-state index in [4.69, 9.17) is 14.9 Å². The fourth-order valence-corrected chi connectivity index (χ4v) is 4.02. The van der Waals surface area contributed by atoms with Gasteiger partial charge in [0.05, 0.1) is 25.4 Å². The lowest BCUT2D eigenvalue weighted by Crippen LogP contribution is -2.53. The highest BCUT2D eigenvalue weighted by molar-refractivity contribution is 7.79. The van der Waals surface area contributed by atoms with Gasteiger partial charge < -0.3 is 55.8 Å². The fourth-order valence-electron chi connectivity index (χ4n) is 3.41. The summed E-state index contributed by atoms with van der Waals surface area (Å²) in [5.41, 5.74) is 1.91. The Labute approximate surface area is 233 Å². The Balaban J connectivity index is 0.0000130. The molecular formula is C22H40ClNO11S2. The van der Waals surface area contributed by atoms with Crippen molar-refractivity contribution >= 4 is 37.7 Å². The Bertz CT molecular complexity index is 727. The number of thiol groups is 2. The first-order valence-corrected chi connectivity index (χ1v) is 12.6. The van der Waals surface area contributed by atoms with E-state index in [2.05, 4.69) is 25.3 Å². The molecule has 8 atom stereocenters. The predicted molar refractivity (Wildman–Crippen MR) is 143 cm³/mol. The molecule has 0 heterocycles. The monoisotopic (exact) mass is 593 g/mol. The molecular weight excluding hydrogens is 554 g/mol. The number of aliphatic hydroxyl groups is 10. The van der Waals surface area contributed by atoms with Crippen molar-refractivity contribution in [2.45, 2.75) is 60.3 Å². The zero-order valence-corrected chi connectivity index (χ0v) is 22.7. The average molecular weight is 594 g/mol. The van der Waals surface area contributed by atoms with E-state index in [-0.39, 0.29) is 38.6 Å². The topological polar surface area (TPSA) is 215 Å². The molecule has 0 aliphatic carbocycles. The summed E-state index contributed by atoms with van der Waals surface area (Å²) in [6.45, 7) is -2.38. The third-order valence-corrected chi connectivity index (χ3v) is 6.42. The summed E-state index contributed by atoms with van der Waals surface area (Å²) in [6, 6.07) is 5.37. The summed E-state index contributed by atoms with van der Waals surface area (Å²) < 4.78 is 5.74. The van der Waals surface area contributed by atoms with E-state index in [1.165, 1.54) is 4.90 Å². The molecule has 1 aromatic carbocycles. The molecule has 10 N–H and O–H groups in total. The Morgan fingerprint density at radius 3 is 1.51 bits per heavy atom. The minimum Gasteiger partial charge on any atom is -0.492 e. The summed E-state index contributed by atoms with van der Waals surface area (Å²) in [6.07, 6.45) is -14.1. The second-order valence-corrected chi connectivity index (χ2v) is 9.08. The first-order valence-electron chi connectivity index (χ1n) is 11.4. The van der Waals surface area contributed by atoms with Crippen molar-refractivity contribution in [3.63, 3.8) is 0 Å². The highest BCUT2D eigenvalue weighted by Crippen LogP contribution is 2.21. The van der Waals surface area contributed by atoms with Gasteiger partial charge in [-0.3, -0.25) is 4.90 Å². The van der Waals surface area contributed by atoms with E-state index in [1.807, 2.05) is 6.07 Å². The molecule has 1 aromatic rings. The van der Waals surface area contributed by atoms with Gasteiger partial charge in [-0.2, -0.15) is 25.3 Å². The number of ether oxygens (including phenoxy) is 1. The van der Waals surface area contributed by atoms with Gasteiger partial charge in [-0.1, -0.05) is 6.07 Å². The fraction of sp³-hybridized carbons (Fsp3) is 0.727. The van der Waals surface area contributed by atoms with E-state index < -0.39 is 62.0 Å². The van der Waals surface area contributed by atoms with Gasteiger partial charge in [-0.25, -0.2) is 0 Å². The molecule has 0 aromatic heterocycles. The number of rotatable bonds is 18. The molecule has 0 fully saturated rings. The van der Waals surface area contributed by atoms with Crippen LogP contribution >= 0.6 is 37.7 Å². The quantitative estimate of drug-likeness (QED) is 0.0748. The van der Waals surface area contributed by atoms with E-state index in [0.29, 0.717) is 17.3 Å². The molecule has 0 bridgehead atoms. The summed E-state index contributed by atoms with van der Waals surface area (Å²) in [4.78, 5) is 1.36. The minimum atomic E-state index is -1.86. The van der Waals surface area contributed by atoms with Gasteiger partial charge >= 0.3 is 0 Å². The summed E-state index contributed by atoms with van der Waals surface area (Å²) in [5, 5.41) is 97.7. The molecule has 15 heteroatoms. The number of hydrogen-bond donors (Lipinski definition) is 12. The Morgan fingerprint density at radius 1 is 0.676 bits per heavy atom. The van der Waals surface area contributed by atoms with Gasteiger partial charge in [0.25, 0.3) is 0 Å². The SMILES string of the molecule is Cl.OCC(O)[C@@H](O)[C@H](O)[C@@H](O)CN(CCOc1ccc(CS)c(CS)c1)C[C@H](O)[C@@H](O)[C@H](O)[C@H](O)CO. The molecule has 12 nitrogen and oxygen atoms in total. The summed E-state index contributed by atoms with van der Waals surface area (Å²) in [7, 11) is 0. The van der Waals surface area contributed by atoms with Crippen LogP contribution in [0.4, 0.5) is 0 Å². The second kappa shape index (κ2) is 18.8. The first-order chi connectivity index (χ1) is 17.0. The van der Waals surface area contributed by atoms with Gasteiger partial charge in [0.15, 0.2) is 0 Å². The third-order valence-electron chi connectivity index (χ3n) is 5.74. The van der Waals surface area contributed by atoms with Crippen molar-refractivity contribution in [2.24, 2.45) is 0 Å². The largest absolute Gasteiger partial charge is 0.492 e. The van der Waals surface area contributed by atoms with Crippen LogP contribution < -0.4 is 4.74 Å². The minimum absolute atomic E-state index is 0. The first kappa shape index (κ1) is 36.6. The maximum atomic E-state index is 10.4. The van der Waals surface area contributed by atoms with Gasteiger partial charge in [-0.05, 0) is 23.3 Å². The van der Waals surface area contributed by atoms with Crippen LogP contribution in [0.2, 0.25) is 0 Å². The molecule has 0 spiro atoms. The lowest BCUT2D eigenvalue weighted by Gasteiger charge is -2.33. The smallest absolute Gasteiger partial charge is 0.119 e. The van der Waals surface area contributed by atoms with Crippen molar-refractivity contribution in [1.29, 1.82) is 0 Å².